The quantitative estimate of drug-likeness (QED) is 0.885. The van der Waals surface area contributed by atoms with E-state index in [2.05, 4.69) is 19.2 Å². The molecular formula is C16H22FNO2. The van der Waals surface area contributed by atoms with Gasteiger partial charge in [-0.3, -0.25) is 0 Å². The number of rotatable bonds is 4. The van der Waals surface area contributed by atoms with Gasteiger partial charge >= 0.3 is 5.97 Å². The van der Waals surface area contributed by atoms with Crippen LogP contribution in [0.25, 0.3) is 0 Å². The fourth-order valence-corrected chi connectivity index (χ4v) is 2.70. The number of aromatic carboxylic acids is 1. The van der Waals surface area contributed by atoms with Gasteiger partial charge in [0.05, 0.1) is 5.56 Å². The van der Waals surface area contributed by atoms with Crippen LogP contribution >= 0.6 is 0 Å². The Balaban J connectivity index is 1.94. The minimum atomic E-state index is -1.02. The molecule has 0 bridgehead atoms. The second-order valence-corrected chi connectivity index (χ2v) is 6.43. The van der Waals surface area contributed by atoms with Crippen molar-refractivity contribution < 1.29 is 14.3 Å². The van der Waals surface area contributed by atoms with Crippen molar-refractivity contribution >= 4 is 5.97 Å². The van der Waals surface area contributed by atoms with Crippen molar-refractivity contribution in [2.45, 2.75) is 52.1 Å². The molecule has 0 unspecified atom stereocenters. The topological polar surface area (TPSA) is 49.3 Å². The lowest BCUT2D eigenvalue weighted by atomic mass is 9.75. The van der Waals surface area contributed by atoms with Gasteiger partial charge in [-0.25, -0.2) is 9.18 Å². The first-order valence-corrected chi connectivity index (χ1v) is 7.12. The minimum Gasteiger partial charge on any atom is -0.478 e. The Morgan fingerprint density at radius 1 is 1.40 bits per heavy atom. The smallest absolute Gasteiger partial charge is 0.335 e. The van der Waals surface area contributed by atoms with Crippen molar-refractivity contribution in [1.82, 2.24) is 5.32 Å². The van der Waals surface area contributed by atoms with Crippen molar-refractivity contribution in [3.63, 3.8) is 0 Å². The maximum Gasteiger partial charge on any atom is 0.335 e. The number of carbonyl (C=O) groups is 1. The zero-order valence-electron chi connectivity index (χ0n) is 12.1. The van der Waals surface area contributed by atoms with Crippen molar-refractivity contribution in [2.75, 3.05) is 0 Å². The summed E-state index contributed by atoms with van der Waals surface area (Å²) < 4.78 is 13.7. The fraction of sp³-hybridized carbons (Fsp3) is 0.562. The normalized spacial score (nSPS) is 18.9. The lowest BCUT2D eigenvalue weighted by Gasteiger charge is -2.34. The minimum absolute atomic E-state index is 0.132. The summed E-state index contributed by atoms with van der Waals surface area (Å²) in [7, 11) is 0. The molecule has 0 heterocycles. The van der Waals surface area contributed by atoms with E-state index < -0.39 is 5.97 Å². The lowest BCUT2D eigenvalue weighted by molar-refractivity contribution is 0.0696. The van der Waals surface area contributed by atoms with E-state index in [1.165, 1.54) is 31.0 Å². The third-order valence-electron chi connectivity index (χ3n) is 4.21. The zero-order chi connectivity index (χ0) is 14.8. The number of carboxylic acid groups (broad SMARTS) is 1. The average Bonchev–Trinajstić information content (AvgIpc) is 2.39. The second kappa shape index (κ2) is 5.92. The van der Waals surface area contributed by atoms with Gasteiger partial charge in [-0.15, -0.1) is 0 Å². The molecule has 1 saturated carbocycles. The van der Waals surface area contributed by atoms with E-state index in [0.717, 1.165) is 12.8 Å². The predicted octanol–water partition coefficient (Wildman–Crippen LogP) is 3.58. The van der Waals surface area contributed by atoms with E-state index in [1.807, 2.05) is 0 Å². The van der Waals surface area contributed by atoms with Crippen LogP contribution in [0, 0.1) is 11.2 Å². The summed E-state index contributed by atoms with van der Waals surface area (Å²) in [6, 6.07) is 4.34. The highest BCUT2D eigenvalue weighted by atomic mass is 19.1. The van der Waals surface area contributed by atoms with Gasteiger partial charge in [-0.2, -0.15) is 0 Å². The molecule has 1 aromatic rings. The molecule has 0 radical (unpaired) electrons. The molecule has 1 aliphatic rings. The zero-order valence-corrected chi connectivity index (χ0v) is 12.1. The summed E-state index contributed by atoms with van der Waals surface area (Å²) in [5.41, 5.74) is 0.967. The van der Waals surface area contributed by atoms with Crippen LogP contribution in [0.4, 0.5) is 4.39 Å². The average molecular weight is 279 g/mol. The molecule has 2 rings (SSSR count). The van der Waals surface area contributed by atoms with Crippen molar-refractivity contribution in [3.05, 3.63) is 35.1 Å². The van der Waals surface area contributed by atoms with Crippen LogP contribution < -0.4 is 5.32 Å². The Morgan fingerprint density at radius 3 is 2.65 bits per heavy atom. The number of carboxylic acids is 1. The highest BCUT2D eigenvalue weighted by molar-refractivity contribution is 5.87. The van der Waals surface area contributed by atoms with Gasteiger partial charge in [0.2, 0.25) is 0 Å². The molecule has 0 saturated heterocycles. The molecule has 3 nitrogen and oxygen atoms in total. The highest BCUT2D eigenvalue weighted by Crippen LogP contribution is 2.35. The van der Waals surface area contributed by atoms with Gasteiger partial charge in [0.1, 0.15) is 5.82 Å². The van der Waals surface area contributed by atoms with Crippen LogP contribution in [0.15, 0.2) is 18.2 Å². The maximum atomic E-state index is 13.7. The molecule has 110 valence electrons. The van der Waals surface area contributed by atoms with E-state index in [4.69, 9.17) is 5.11 Å². The number of halogens is 1. The molecule has 0 aromatic heterocycles. The van der Waals surface area contributed by atoms with E-state index in [1.54, 1.807) is 0 Å². The Morgan fingerprint density at radius 2 is 2.05 bits per heavy atom. The molecule has 0 atom stereocenters. The highest BCUT2D eigenvalue weighted by Gasteiger charge is 2.26. The number of hydrogen-bond acceptors (Lipinski definition) is 2. The Kier molecular flexibility index (Phi) is 4.43. The summed E-state index contributed by atoms with van der Waals surface area (Å²) in [4.78, 5) is 10.9. The van der Waals surface area contributed by atoms with E-state index in [0.29, 0.717) is 23.6 Å². The maximum absolute atomic E-state index is 13.7. The summed E-state index contributed by atoms with van der Waals surface area (Å²) in [6.07, 6.45) is 4.52. The SMILES string of the molecule is CC1(C)CCC(NCc2cc(C(=O)O)ccc2F)CC1. The van der Waals surface area contributed by atoms with E-state index in [-0.39, 0.29) is 11.4 Å². The van der Waals surface area contributed by atoms with Gasteiger partial charge < -0.3 is 10.4 Å². The largest absolute Gasteiger partial charge is 0.478 e. The molecule has 1 aromatic carbocycles. The van der Waals surface area contributed by atoms with E-state index in [9.17, 15) is 9.18 Å². The Bertz CT molecular complexity index is 489. The number of nitrogens with one attached hydrogen (secondary N) is 1. The first-order chi connectivity index (χ1) is 9.37. The summed E-state index contributed by atoms with van der Waals surface area (Å²) in [5.74, 6) is -1.37. The van der Waals surface area contributed by atoms with Gasteiger partial charge in [0.15, 0.2) is 0 Å². The molecule has 4 heteroatoms. The van der Waals surface area contributed by atoms with Gasteiger partial charge in [0, 0.05) is 18.2 Å². The van der Waals surface area contributed by atoms with Crippen LogP contribution in [-0.2, 0) is 6.54 Å². The standard InChI is InChI=1S/C16H22FNO2/c1-16(2)7-5-13(6-8-16)18-10-12-9-11(15(19)20)3-4-14(12)17/h3-4,9,13,18H,5-8,10H2,1-2H3,(H,19,20). The van der Waals surface area contributed by atoms with Crippen molar-refractivity contribution in [2.24, 2.45) is 5.41 Å². The lowest BCUT2D eigenvalue weighted by Crippen LogP contribution is -2.35. The molecule has 20 heavy (non-hydrogen) atoms. The van der Waals surface area contributed by atoms with Gasteiger partial charge in [-0.05, 0) is 49.3 Å². The first kappa shape index (κ1) is 15.0. The second-order valence-electron chi connectivity index (χ2n) is 6.43. The van der Waals surface area contributed by atoms with Crippen LogP contribution in [0.3, 0.4) is 0 Å². The first-order valence-electron chi connectivity index (χ1n) is 7.12. The van der Waals surface area contributed by atoms with Crippen LogP contribution in [-0.4, -0.2) is 17.1 Å². The molecule has 0 aliphatic heterocycles. The van der Waals surface area contributed by atoms with Crippen LogP contribution in [0.2, 0.25) is 0 Å². The third kappa shape index (κ3) is 3.79. The summed E-state index contributed by atoms with van der Waals surface area (Å²) in [5, 5.41) is 12.3. The van der Waals surface area contributed by atoms with Crippen LogP contribution in [0.5, 0.6) is 0 Å². The predicted molar refractivity (Wildman–Crippen MR) is 76.2 cm³/mol. The number of benzene rings is 1. The molecular weight excluding hydrogens is 257 g/mol. The van der Waals surface area contributed by atoms with Crippen molar-refractivity contribution in [3.8, 4) is 0 Å². The fourth-order valence-electron chi connectivity index (χ4n) is 2.70. The summed E-state index contributed by atoms with van der Waals surface area (Å²) in [6.45, 7) is 4.94. The molecule has 2 N–H and O–H groups in total. The number of hydrogen-bond donors (Lipinski definition) is 2. The molecule has 0 amide bonds. The Hall–Kier alpha value is -1.42. The summed E-state index contributed by atoms with van der Waals surface area (Å²) >= 11 is 0. The molecule has 0 spiro atoms. The molecule has 1 aliphatic carbocycles. The van der Waals surface area contributed by atoms with Crippen LogP contribution in [0.1, 0.15) is 55.5 Å². The van der Waals surface area contributed by atoms with E-state index >= 15 is 0 Å². The Labute approximate surface area is 119 Å². The third-order valence-corrected chi connectivity index (χ3v) is 4.21. The molecule has 1 fully saturated rings. The van der Waals surface area contributed by atoms with Gasteiger partial charge in [-0.1, -0.05) is 13.8 Å². The van der Waals surface area contributed by atoms with Gasteiger partial charge in [0.25, 0.3) is 0 Å². The monoisotopic (exact) mass is 279 g/mol. The van der Waals surface area contributed by atoms with Crippen molar-refractivity contribution in [1.29, 1.82) is 0 Å².